The van der Waals surface area contributed by atoms with Gasteiger partial charge in [-0.15, -0.1) is 0 Å². The molecule has 2 aromatic rings. The number of rotatable bonds is 2. The lowest BCUT2D eigenvalue weighted by atomic mass is 10.3. The number of hydrogen-bond donors (Lipinski definition) is 1. The first kappa shape index (κ1) is 11.3. The molecule has 0 amide bonds. The third-order valence-corrected chi connectivity index (χ3v) is 2.28. The van der Waals surface area contributed by atoms with Crippen LogP contribution in [0.3, 0.4) is 0 Å². The Kier molecular flexibility index (Phi) is 3.07. The Morgan fingerprint density at radius 1 is 1.12 bits per heavy atom. The summed E-state index contributed by atoms with van der Waals surface area (Å²) in [4.78, 5) is 16.0. The van der Waals surface area contributed by atoms with Crippen molar-refractivity contribution in [2.75, 3.05) is 5.32 Å². The molecule has 84 valence electrons. The molecular weight excluding hydrogens is 249 g/mol. The Hall–Kier alpha value is -1.20. The molecule has 16 heavy (non-hydrogen) atoms. The van der Waals surface area contributed by atoms with Gasteiger partial charge in [0.25, 0.3) is 0 Å². The average Bonchev–Trinajstić information content (AvgIpc) is 2.18. The number of hydrogen-bond acceptors (Lipinski definition) is 5. The van der Waals surface area contributed by atoms with Crippen molar-refractivity contribution in [2.45, 2.75) is 19.9 Å². The van der Waals surface area contributed by atoms with Crippen LogP contribution in [0.2, 0.25) is 10.4 Å². The SMILES string of the molecule is CC(C)Nc1nc(Cl)nc2c(Cl)ncnc12. The van der Waals surface area contributed by atoms with Crippen molar-refractivity contribution in [3.63, 3.8) is 0 Å². The zero-order valence-electron chi connectivity index (χ0n) is 8.70. The van der Waals surface area contributed by atoms with E-state index in [1.807, 2.05) is 13.8 Å². The summed E-state index contributed by atoms with van der Waals surface area (Å²) in [5.41, 5.74) is 1.02. The van der Waals surface area contributed by atoms with Gasteiger partial charge in [-0.05, 0) is 25.4 Å². The van der Waals surface area contributed by atoms with E-state index in [9.17, 15) is 0 Å². The van der Waals surface area contributed by atoms with Crippen LogP contribution in [0.1, 0.15) is 13.8 Å². The van der Waals surface area contributed by atoms with E-state index in [0.717, 1.165) is 0 Å². The summed E-state index contributed by atoms with van der Waals surface area (Å²) in [6.45, 7) is 3.98. The highest BCUT2D eigenvalue weighted by Crippen LogP contribution is 2.24. The van der Waals surface area contributed by atoms with Crippen molar-refractivity contribution >= 4 is 40.1 Å². The number of halogens is 2. The minimum atomic E-state index is 0.118. The maximum absolute atomic E-state index is 5.91. The zero-order valence-corrected chi connectivity index (χ0v) is 10.2. The fourth-order valence-corrected chi connectivity index (χ4v) is 1.61. The van der Waals surface area contributed by atoms with Gasteiger partial charge in [0.1, 0.15) is 17.4 Å². The minimum Gasteiger partial charge on any atom is -0.366 e. The molecule has 0 saturated carbocycles. The number of nitrogens with one attached hydrogen (secondary N) is 1. The third-order valence-electron chi connectivity index (χ3n) is 1.84. The maximum atomic E-state index is 5.91. The highest BCUT2D eigenvalue weighted by atomic mass is 35.5. The lowest BCUT2D eigenvalue weighted by Crippen LogP contribution is -2.12. The Labute approximate surface area is 102 Å². The molecule has 0 unspecified atom stereocenters. The number of nitrogens with zero attached hydrogens (tertiary/aromatic N) is 4. The molecule has 0 fully saturated rings. The fourth-order valence-electron chi connectivity index (χ4n) is 1.27. The van der Waals surface area contributed by atoms with Crippen LogP contribution in [-0.2, 0) is 0 Å². The molecule has 0 aromatic carbocycles. The predicted molar refractivity (Wildman–Crippen MR) is 63.9 cm³/mol. The van der Waals surface area contributed by atoms with E-state index < -0.39 is 0 Å². The Morgan fingerprint density at radius 2 is 1.88 bits per heavy atom. The Bertz CT molecular complexity index is 529. The largest absolute Gasteiger partial charge is 0.366 e. The second-order valence-corrected chi connectivity index (χ2v) is 4.20. The summed E-state index contributed by atoms with van der Waals surface area (Å²) in [5.74, 6) is 0.564. The molecule has 2 rings (SSSR count). The van der Waals surface area contributed by atoms with Crippen molar-refractivity contribution in [3.05, 3.63) is 16.8 Å². The summed E-state index contributed by atoms with van der Waals surface area (Å²) in [7, 11) is 0. The molecule has 2 aromatic heterocycles. The summed E-state index contributed by atoms with van der Waals surface area (Å²) in [6.07, 6.45) is 1.37. The molecule has 0 bridgehead atoms. The first-order valence-corrected chi connectivity index (χ1v) is 5.44. The monoisotopic (exact) mass is 257 g/mol. The molecule has 0 spiro atoms. The molecule has 2 heterocycles. The first-order chi connectivity index (χ1) is 7.58. The number of anilines is 1. The second-order valence-electron chi connectivity index (χ2n) is 3.50. The molecule has 0 aliphatic rings. The molecule has 0 aliphatic heterocycles. The topological polar surface area (TPSA) is 63.6 Å². The van der Waals surface area contributed by atoms with Crippen LogP contribution in [0.25, 0.3) is 11.0 Å². The first-order valence-electron chi connectivity index (χ1n) is 4.68. The van der Waals surface area contributed by atoms with Crippen LogP contribution in [-0.4, -0.2) is 26.0 Å². The zero-order chi connectivity index (χ0) is 11.7. The van der Waals surface area contributed by atoms with E-state index in [-0.39, 0.29) is 16.5 Å². The quantitative estimate of drug-likeness (QED) is 0.662. The van der Waals surface area contributed by atoms with Gasteiger partial charge in [0, 0.05) is 6.04 Å². The van der Waals surface area contributed by atoms with Crippen molar-refractivity contribution in [1.29, 1.82) is 0 Å². The van der Waals surface area contributed by atoms with Gasteiger partial charge in [-0.1, -0.05) is 11.6 Å². The summed E-state index contributed by atoms with van der Waals surface area (Å²) >= 11 is 11.7. The van der Waals surface area contributed by atoms with Crippen molar-refractivity contribution in [2.24, 2.45) is 0 Å². The summed E-state index contributed by atoms with van der Waals surface area (Å²) in [6, 6.07) is 0.211. The molecule has 0 aliphatic carbocycles. The van der Waals surface area contributed by atoms with E-state index in [0.29, 0.717) is 16.9 Å². The van der Waals surface area contributed by atoms with Gasteiger partial charge in [-0.3, -0.25) is 0 Å². The number of fused-ring (bicyclic) bond motifs is 1. The molecule has 1 N–H and O–H groups in total. The van der Waals surface area contributed by atoms with Gasteiger partial charge in [0.15, 0.2) is 11.0 Å². The van der Waals surface area contributed by atoms with E-state index in [4.69, 9.17) is 23.2 Å². The van der Waals surface area contributed by atoms with Gasteiger partial charge in [-0.2, -0.15) is 4.98 Å². The Balaban J connectivity index is 2.68. The van der Waals surface area contributed by atoms with Gasteiger partial charge in [-0.25, -0.2) is 15.0 Å². The van der Waals surface area contributed by atoms with Crippen LogP contribution in [0.5, 0.6) is 0 Å². The van der Waals surface area contributed by atoms with Crippen molar-refractivity contribution in [1.82, 2.24) is 19.9 Å². The highest BCUT2D eigenvalue weighted by molar-refractivity contribution is 6.34. The molecule has 5 nitrogen and oxygen atoms in total. The van der Waals surface area contributed by atoms with E-state index in [1.165, 1.54) is 6.33 Å². The molecule has 0 atom stereocenters. The maximum Gasteiger partial charge on any atom is 0.225 e. The third kappa shape index (κ3) is 2.15. The van der Waals surface area contributed by atoms with Crippen molar-refractivity contribution < 1.29 is 0 Å². The van der Waals surface area contributed by atoms with Gasteiger partial charge in [0.2, 0.25) is 5.28 Å². The standard InChI is InChI=1S/C9H9Cl2N5/c1-4(2)14-8-6-5(15-9(11)16-8)7(10)13-3-12-6/h3-4H,1-2H3,(H,14,15,16). The van der Waals surface area contributed by atoms with Crippen LogP contribution in [0.4, 0.5) is 5.82 Å². The van der Waals surface area contributed by atoms with Gasteiger partial charge >= 0.3 is 0 Å². The van der Waals surface area contributed by atoms with Gasteiger partial charge < -0.3 is 5.32 Å². The highest BCUT2D eigenvalue weighted by Gasteiger charge is 2.11. The van der Waals surface area contributed by atoms with Crippen LogP contribution >= 0.6 is 23.2 Å². The smallest absolute Gasteiger partial charge is 0.225 e. The normalized spacial score (nSPS) is 11.1. The minimum absolute atomic E-state index is 0.118. The lowest BCUT2D eigenvalue weighted by molar-refractivity contribution is 0.888. The fraction of sp³-hybridized carbons (Fsp3) is 0.333. The molecule has 7 heteroatoms. The molecule has 0 radical (unpaired) electrons. The van der Waals surface area contributed by atoms with Crippen LogP contribution < -0.4 is 5.32 Å². The van der Waals surface area contributed by atoms with E-state index in [2.05, 4.69) is 25.3 Å². The molecular formula is C9H9Cl2N5. The van der Waals surface area contributed by atoms with E-state index >= 15 is 0 Å². The van der Waals surface area contributed by atoms with E-state index in [1.54, 1.807) is 0 Å². The average molecular weight is 258 g/mol. The van der Waals surface area contributed by atoms with Gasteiger partial charge in [0.05, 0.1) is 0 Å². The summed E-state index contributed by atoms with van der Waals surface area (Å²) < 4.78 is 0. The predicted octanol–water partition coefficient (Wildman–Crippen LogP) is 2.55. The lowest BCUT2D eigenvalue weighted by Gasteiger charge is -2.10. The van der Waals surface area contributed by atoms with Crippen LogP contribution in [0.15, 0.2) is 6.33 Å². The molecule has 0 saturated heterocycles. The summed E-state index contributed by atoms with van der Waals surface area (Å²) in [5, 5.41) is 3.51. The Morgan fingerprint density at radius 3 is 2.56 bits per heavy atom. The van der Waals surface area contributed by atoms with Crippen molar-refractivity contribution in [3.8, 4) is 0 Å². The number of aromatic nitrogens is 4. The van der Waals surface area contributed by atoms with Crippen LogP contribution in [0, 0.1) is 0 Å². The second kappa shape index (κ2) is 4.35.